The van der Waals surface area contributed by atoms with Crippen LogP contribution in [0.1, 0.15) is 12.8 Å². The maximum atomic E-state index is 12.2. The van der Waals surface area contributed by atoms with Crippen molar-refractivity contribution in [2.75, 3.05) is 45.9 Å². The minimum Gasteiger partial charge on any atom is -0.378 e. The lowest BCUT2D eigenvalue weighted by atomic mass is 9.88. The quantitative estimate of drug-likeness (QED) is 0.607. The molecule has 1 spiro atoms. The monoisotopic (exact) mass is 296 g/mol. The first-order valence-corrected chi connectivity index (χ1v) is 7.31. The topological polar surface area (TPSA) is 91.0 Å². The van der Waals surface area contributed by atoms with Gasteiger partial charge in [0.15, 0.2) is 0 Å². The summed E-state index contributed by atoms with van der Waals surface area (Å²) in [4.78, 5) is 39.1. The van der Waals surface area contributed by atoms with Crippen molar-refractivity contribution in [3.8, 4) is 0 Å². The van der Waals surface area contributed by atoms with Gasteiger partial charge in [0.1, 0.15) is 5.54 Å². The first-order chi connectivity index (χ1) is 10.1. The highest BCUT2D eigenvalue weighted by molar-refractivity contribution is 6.07. The number of imide groups is 1. The molecule has 0 aliphatic carbocycles. The van der Waals surface area contributed by atoms with Crippen molar-refractivity contribution in [2.45, 2.75) is 18.4 Å². The van der Waals surface area contributed by atoms with E-state index in [4.69, 9.17) is 4.74 Å². The normalized spacial score (nSPS) is 25.8. The van der Waals surface area contributed by atoms with Crippen molar-refractivity contribution in [1.29, 1.82) is 0 Å². The number of ether oxygens (including phenoxy) is 1. The molecule has 4 amide bonds. The second-order valence-electron chi connectivity index (χ2n) is 5.76. The second kappa shape index (κ2) is 5.61. The average Bonchev–Trinajstić information content (AvgIpc) is 2.76. The van der Waals surface area contributed by atoms with Gasteiger partial charge in [0.05, 0.1) is 19.8 Å². The minimum absolute atomic E-state index is 0.106. The summed E-state index contributed by atoms with van der Waals surface area (Å²) in [5.41, 5.74) is -0.768. The Hall–Kier alpha value is -1.67. The average molecular weight is 296 g/mol. The second-order valence-corrected chi connectivity index (χ2v) is 5.76. The Morgan fingerprint density at radius 1 is 1.14 bits per heavy atom. The number of nitrogens with one attached hydrogen (secondary N) is 2. The van der Waals surface area contributed by atoms with Crippen molar-refractivity contribution in [2.24, 2.45) is 0 Å². The van der Waals surface area contributed by atoms with Gasteiger partial charge in [0.25, 0.3) is 5.91 Å². The third-order valence-electron chi connectivity index (χ3n) is 4.45. The number of carbonyl (C=O) groups is 3. The Kier molecular flexibility index (Phi) is 3.81. The van der Waals surface area contributed by atoms with E-state index in [1.807, 2.05) is 9.80 Å². The number of hydrogen-bond donors (Lipinski definition) is 2. The van der Waals surface area contributed by atoms with Gasteiger partial charge in [-0.1, -0.05) is 0 Å². The molecule has 3 saturated heterocycles. The molecule has 0 radical (unpaired) electrons. The fraction of sp³-hybridized carbons (Fsp3) is 0.769. The Bertz CT molecular complexity index is 453. The van der Waals surface area contributed by atoms with Crippen LogP contribution in [0.25, 0.3) is 0 Å². The zero-order valence-electron chi connectivity index (χ0n) is 11.9. The van der Waals surface area contributed by atoms with E-state index in [0.29, 0.717) is 58.8 Å². The number of carbonyl (C=O) groups excluding carboxylic acids is 3. The number of likely N-dealkylation sites (tertiary alicyclic amines) is 1. The van der Waals surface area contributed by atoms with E-state index in [2.05, 4.69) is 10.6 Å². The Balaban J connectivity index is 1.50. The van der Waals surface area contributed by atoms with Crippen molar-refractivity contribution >= 4 is 17.8 Å². The van der Waals surface area contributed by atoms with E-state index in [-0.39, 0.29) is 11.8 Å². The van der Waals surface area contributed by atoms with Crippen LogP contribution in [0.4, 0.5) is 4.79 Å². The number of urea groups is 1. The summed E-state index contributed by atoms with van der Waals surface area (Å²) in [5.74, 6) is -0.138. The predicted molar refractivity (Wildman–Crippen MR) is 72.5 cm³/mol. The van der Waals surface area contributed by atoms with Crippen LogP contribution in [0.3, 0.4) is 0 Å². The molecule has 3 aliphatic rings. The summed E-state index contributed by atoms with van der Waals surface area (Å²) < 4.78 is 5.23. The molecule has 3 heterocycles. The molecule has 21 heavy (non-hydrogen) atoms. The molecule has 8 heteroatoms. The lowest BCUT2D eigenvalue weighted by Gasteiger charge is -2.37. The Morgan fingerprint density at radius 2 is 1.81 bits per heavy atom. The third-order valence-corrected chi connectivity index (χ3v) is 4.45. The molecule has 0 atom stereocenters. The summed E-state index contributed by atoms with van der Waals surface area (Å²) in [5, 5.41) is 5.01. The van der Waals surface area contributed by atoms with Crippen LogP contribution in [0.2, 0.25) is 0 Å². The van der Waals surface area contributed by atoms with Crippen molar-refractivity contribution in [1.82, 2.24) is 20.4 Å². The van der Waals surface area contributed by atoms with Crippen LogP contribution in [0.5, 0.6) is 0 Å². The van der Waals surface area contributed by atoms with Gasteiger partial charge in [0.2, 0.25) is 5.91 Å². The number of hydrogen-bond acceptors (Lipinski definition) is 5. The molecule has 3 aliphatic heterocycles. The number of rotatable bonds is 2. The van der Waals surface area contributed by atoms with Crippen LogP contribution < -0.4 is 10.6 Å². The van der Waals surface area contributed by atoms with E-state index in [9.17, 15) is 14.4 Å². The minimum atomic E-state index is -0.768. The van der Waals surface area contributed by atoms with Crippen LogP contribution in [-0.4, -0.2) is 79.1 Å². The summed E-state index contributed by atoms with van der Waals surface area (Å²) in [6.45, 7) is 4.12. The zero-order chi connectivity index (χ0) is 14.9. The fourth-order valence-corrected chi connectivity index (χ4v) is 3.08. The van der Waals surface area contributed by atoms with Crippen molar-refractivity contribution in [3.63, 3.8) is 0 Å². The first kappa shape index (κ1) is 14.3. The summed E-state index contributed by atoms with van der Waals surface area (Å²) >= 11 is 0. The van der Waals surface area contributed by atoms with Gasteiger partial charge >= 0.3 is 6.03 Å². The van der Waals surface area contributed by atoms with E-state index >= 15 is 0 Å². The largest absolute Gasteiger partial charge is 0.378 e. The molecule has 116 valence electrons. The van der Waals surface area contributed by atoms with Gasteiger partial charge in [-0.05, 0) is 12.8 Å². The van der Waals surface area contributed by atoms with Crippen LogP contribution in [0.15, 0.2) is 0 Å². The first-order valence-electron chi connectivity index (χ1n) is 7.31. The standard InChI is InChI=1S/C13H20N4O4/c18-10(17-5-7-21-8-6-17)9-16-3-1-13(2-4-16)11(19)14-12(20)15-13/h1-9H2,(H2,14,15,19,20). The predicted octanol–water partition coefficient (Wildman–Crippen LogP) is -1.48. The zero-order valence-corrected chi connectivity index (χ0v) is 11.9. The third kappa shape index (κ3) is 2.86. The maximum absolute atomic E-state index is 12.2. The SMILES string of the molecule is O=C1NC(=O)C2(CCN(CC(=O)N3CCOCC3)CC2)N1. The van der Waals surface area contributed by atoms with Crippen LogP contribution >= 0.6 is 0 Å². The van der Waals surface area contributed by atoms with Crippen LogP contribution in [-0.2, 0) is 14.3 Å². The molecule has 0 bridgehead atoms. The molecule has 0 aromatic heterocycles. The lowest BCUT2D eigenvalue weighted by Crippen LogP contribution is -2.56. The molecule has 0 saturated carbocycles. The van der Waals surface area contributed by atoms with E-state index in [1.54, 1.807) is 0 Å². The van der Waals surface area contributed by atoms with Crippen molar-refractivity contribution < 1.29 is 19.1 Å². The number of nitrogens with zero attached hydrogens (tertiary/aromatic N) is 2. The van der Waals surface area contributed by atoms with Crippen LogP contribution in [0, 0.1) is 0 Å². The van der Waals surface area contributed by atoms with E-state index in [0.717, 1.165) is 0 Å². The molecule has 3 rings (SSSR count). The highest BCUT2D eigenvalue weighted by Crippen LogP contribution is 2.25. The fourth-order valence-electron chi connectivity index (χ4n) is 3.08. The Morgan fingerprint density at radius 3 is 2.38 bits per heavy atom. The van der Waals surface area contributed by atoms with E-state index in [1.165, 1.54) is 0 Å². The summed E-state index contributed by atoms with van der Waals surface area (Å²) in [6, 6.07) is -0.419. The summed E-state index contributed by atoms with van der Waals surface area (Å²) in [7, 11) is 0. The molecule has 0 aromatic rings. The highest BCUT2D eigenvalue weighted by Gasteiger charge is 2.47. The molecular weight excluding hydrogens is 276 g/mol. The summed E-state index contributed by atoms with van der Waals surface area (Å²) in [6.07, 6.45) is 1.09. The molecule has 3 fully saturated rings. The van der Waals surface area contributed by atoms with Crippen molar-refractivity contribution in [3.05, 3.63) is 0 Å². The van der Waals surface area contributed by atoms with E-state index < -0.39 is 11.6 Å². The van der Waals surface area contributed by atoms with Gasteiger partial charge in [-0.2, -0.15) is 0 Å². The number of piperidine rings is 1. The Labute approximate surface area is 122 Å². The van der Waals surface area contributed by atoms with Gasteiger partial charge in [-0.3, -0.25) is 19.8 Å². The molecular formula is C13H20N4O4. The molecule has 8 nitrogen and oxygen atoms in total. The highest BCUT2D eigenvalue weighted by atomic mass is 16.5. The van der Waals surface area contributed by atoms with Gasteiger partial charge in [0, 0.05) is 26.2 Å². The molecule has 0 unspecified atom stereocenters. The van der Waals surface area contributed by atoms with Gasteiger partial charge in [-0.15, -0.1) is 0 Å². The van der Waals surface area contributed by atoms with Gasteiger partial charge in [-0.25, -0.2) is 4.79 Å². The van der Waals surface area contributed by atoms with Gasteiger partial charge < -0.3 is 15.0 Å². The molecule has 0 aromatic carbocycles. The number of amides is 4. The maximum Gasteiger partial charge on any atom is 0.322 e. The smallest absolute Gasteiger partial charge is 0.322 e. The number of morpholine rings is 1. The molecule has 2 N–H and O–H groups in total. The lowest BCUT2D eigenvalue weighted by molar-refractivity contribution is -0.137.